The minimum absolute atomic E-state index is 0.00827. The largest absolute Gasteiger partial charge is 0.465 e. The van der Waals surface area contributed by atoms with Crippen LogP contribution >= 0.6 is 25.3 Å². The van der Waals surface area contributed by atoms with Crippen molar-refractivity contribution in [1.29, 1.82) is 0 Å². The van der Waals surface area contributed by atoms with Crippen LogP contribution in [-0.4, -0.2) is 59.1 Å². The molecule has 6 nitrogen and oxygen atoms in total. The molecule has 0 heterocycles. The van der Waals surface area contributed by atoms with Crippen molar-refractivity contribution in [3.63, 3.8) is 0 Å². The van der Waals surface area contributed by atoms with Crippen LogP contribution < -0.4 is 0 Å². The smallest absolute Gasteiger partial charge is 0.323 e. The minimum atomic E-state index is -1.69. The fraction of sp³-hybridized carbons (Fsp3) is 0.846. The number of hydrogen-bond acceptors (Lipinski definition) is 8. The topological polar surface area (TPSA) is 93.1 Å². The third kappa shape index (κ3) is 6.06. The highest BCUT2D eigenvalue weighted by molar-refractivity contribution is 7.84. The summed E-state index contributed by atoms with van der Waals surface area (Å²) in [4.78, 5) is 24.6. The Morgan fingerprint density at radius 1 is 1.14 bits per heavy atom. The number of hydrogen-bond donors (Lipinski definition) is 4. The van der Waals surface area contributed by atoms with Gasteiger partial charge in [0.05, 0.1) is 25.9 Å². The van der Waals surface area contributed by atoms with Gasteiger partial charge in [0, 0.05) is 17.4 Å². The molecule has 0 aromatic rings. The van der Waals surface area contributed by atoms with Gasteiger partial charge in [0.2, 0.25) is 0 Å². The summed E-state index contributed by atoms with van der Waals surface area (Å²) in [6.07, 6.45) is -1.51. The first-order valence-electron chi connectivity index (χ1n) is 6.80. The van der Waals surface area contributed by atoms with Gasteiger partial charge < -0.3 is 19.7 Å². The highest BCUT2D eigenvalue weighted by Gasteiger charge is 2.50. The van der Waals surface area contributed by atoms with Gasteiger partial charge in [0.1, 0.15) is 0 Å². The summed E-state index contributed by atoms with van der Waals surface area (Å²) in [5.41, 5.74) is -1.69. The zero-order chi connectivity index (χ0) is 16.5. The van der Waals surface area contributed by atoms with Crippen LogP contribution in [0.4, 0.5) is 0 Å². The van der Waals surface area contributed by atoms with Gasteiger partial charge in [0.15, 0.2) is 5.41 Å². The van der Waals surface area contributed by atoms with Crippen LogP contribution in [0.1, 0.15) is 26.7 Å². The molecule has 0 rings (SSSR count). The predicted octanol–water partition coefficient (Wildman–Crippen LogP) is 0.461. The van der Waals surface area contributed by atoms with Crippen LogP contribution in [0, 0.1) is 5.41 Å². The van der Waals surface area contributed by atoms with Crippen molar-refractivity contribution in [2.75, 3.05) is 25.6 Å². The van der Waals surface area contributed by atoms with Crippen LogP contribution in [0.2, 0.25) is 0 Å². The standard InChI is InChI=1S/C13H24O6S2/c1-3-18-11(16)13(5-9(15)7-14,6-10(21)8-20)12(17)19-4-2/h9-10,14-15,20-21H,3-8H2,1-2H3. The zero-order valence-electron chi connectivity index (χ0n) is 12.3. The average Bonchev–Trinajstić information content (AvgIpc) is 2.46. The van der Waals surface area contributed by atoms with E-state index in [9.17, 15) is 14.7 Å². The van der Waals surface area contributed by atoms with Gasteiger partial charge in [-0.15, -0.1) is 0 Å². The Morgan fingerprint density at radius 3 is 1.95 bits per heavy atom. The Bertz CT molecular complexity index is 305. The third-order valence-electron chi connectivity index (χ3n) is 2.92. The van der Waals surface area contributed by atoms with Gasteiger partial charge >= 0.3 is 11.9 Å². The molecule has 0 aliphatic rings. The van der Waals surface area contributed by atoms with E-state index in [1.807, 2.05) is 0 Å². The van der Waals surface area contributed by atoms with Crippen molar-refractivity contribution in [1.82, 2.24) is 0 Å². The molecule has 0 saturated carbocycles. The van der Waals surface area contributed by atoms with E-state index in [1.165, 1.54) is 0 Å². The van der Waals surface area contributed by atoms with Gasteiger partial charge in [-0.3, -0.25) is 9.59 Å². The molecule has 0 bridgehead atoms. The van der Waals surface area contributed by atoms with E-state index < -0.39 is 30.1 Å². The Labute approximate surface area is 136 Å². The van der Waals surface area contributed by atoms with E-state index in [4.69, 9.17) is 14.6 Å². The molecule has 0 radical (unpaired) electrons. The van der Waals surface area contributed by atoms with Crippen molar-refractivity contribution in [2.45, 2.75) is 38.0 Å². The van der Waals surface area contributed by atoms with Crippen molar-refractivity contribution >= 4 is 37.2 Å². The Balaban J connectivity index is 5.56. The molecule has 0 aliphatic carbocycles. The van der Waals surface area contributed by atoms with Crippen LogP contribution in [0.15, 0.2) is 0 Å². The molecule has 8 heteroatoms. The maximum absolute atomic E-state index is 12.3. The summed E-state index contributed by atoms with van der Waals surface area (Å²) in [6, 6.07) is 0. The van der Waals surface area contributed by atoms with E-state index in [2.05, 4.69) is 25.3 Å². The molecule has 0 spiro atoms. The van der Waals surface area contributed by atoms with Crippen LogP contribution in [0.25, 0.3) is 0 Å². The molecule has 21 heavy (non-hydrogen) atoms. The molecule has 0 amide bonds. The molecule has 0 aromatic heterocycles. The summed E-state index contributed by atoms with van der Waals surface area (Å²) in [5, 5.41) is 18.4. The van der Waals surface area contributed by atoms with Crippen LogP contribution in [0.3, 0.4) is 0 Å². The van der Waals surface area contributed by atoms with Crippen LogP contribution in [0.5, 0.6) is 0 Å². The number of ether oxygens (including phenoxy) is 2. The highest BCUT2D eigenvalue weighted by atomic mass is 32.1. The number of aliphatic hydroxyl groups excluding tert-OH is 2. The molecule has 2 N–H and O–H groups in total. The second kappa shape index (κ2) is 10.3. The number of carbonyl (C=O) groups is 2. The van der Waals surface area contributed by atoms with E-state index in [0.717, 1.165) is 0 Å². The first-order chi connectivity index (χ1) is 9.87. The maximum Gasteiger partial charge on any atom is 0.323 e. The lowest BCUT2D eigenvalue weighted by Crippen LogP contribution is -2.47. The quantitative estimate of drug-likeness (QED) is 0.262. The lowest BCUT2D eigenvalue weighted by Gasteiger charge is -2.32. The van der Waals surface area contributed by atoms with Crippen molar-refractivity contribution < 1.29 is 29.3 Å². The molecular formula is C13H24O6S2. The molecule has 0 aliphatic heterocycles. The average molecular weight is 340 g/mol. The van der Waals surface area contributed by atoms with Gasteiger partial charge in [-0.2, -0.15) is 25.3 Å². The number of aliphatic hydroxyl groups is 2. The molecule has 2 unspecified atom stereocenters. The molecule has 124 valence electrons. The fourth-order valence-corrected chi connectivity index (χ4v) is 2.41. The molecular weight excluding hydrogens is 316 g/mol. The normalized spacial score (nSPS) is 14.4. The molecule has 0 fully saturated rings. The fourth-order valence-electron chi connectivity index (χ4n) is 1.97. The third-order valence-corrected chi connectivity index (χ3v) is 4.02. The van der Waals surface area contributed by atoms with E-state index in [1.54, 1.807) is 13.8 Å². The van der Waals surface area contributed by atoms with E-state index in [-0.39, 0.29) is 31.3 Å². The van der Waals surface area contributed by atoms with Crippen molar-refractivity contribution in [3.8, 4) is 0 Å². The van der Waals surface area contributed by atoms with E-state index >= 15 is 0 Å². The van der Waals surface area contributed by atoms with Gasteiger partial charge in [-0.1, -0.05) is 0 Å². The predicted molar refractivity (Wildman–Crippen MR) is 84.7 cm³/mol. The Kier molecular flexibility index (Phi) is 10.1. The summed E-state index contributed by atoms with van der Waals surface area (Å²) in [6.45, 7) is 2.85. The van der Waals surface area contributed by atoms with Crippen molar-refractivity contribution in [2.24, 2.45) is 5.41 Å². The summed E-state index contributed by atoms with van der Waals surface area (Å²) in [7, 11) is 0. The lowest BCUT2D eigenvalue weighted by atomic mass is 9.78. The van der Waals surface area contributed by atoms with Gasteiger partial charge in [-0.25, -0.2) is 0 Å². The minimum Gasteiger partial charge on any atom is -0.465 e. The molecule has 0 aromatic carbocycles. The summed E-state index contributed by atoms with van der Waals surface area (Å²) in [5.74, 6) is -1.23. The number of rotatable bonds is 10. The second-order valence-electron chi connectivity index (χ2n) is 4.60. The molecule has 0 saturated heterocycles. The number of thiol groups is 2. The SMILES string of the molecule is CCOC(=O)C(CC(O)CO)(CC(S)CS)C(=O)OCC. The Morgan fingerprint density at radius 2 is 1.62 bits per heavy atom. The Hall–Kier alpha value is -0.440. The maximum atomic E-state index is 12.3. The van der Waals surface area contributed by atoms with Crippen molar-refractivity contribution in [3.05, 3.63) is 0 Å². The van der Waals surface area contributed by atoms with E-state index in [0.29, 0.717) is 5.75 Å². The monoisotopic (exact) mass is 340 g/mol. The zero-order valence-corrected chi connectivity index (χ0v) is 14.1. The summed E-state index contributed by atoms with van der Waals surface area (Å²) >= 11 is 8.35. The number of esters is 2. The first-order valence-corrected chi connectivity index (χ1v) is 7.95. The molecule has 2 atom stereocenters. The van der Waals surface area contributed by atoms with Crippen LogP contribution in [-0.2, 0) is 19.1 Å². The summed E-state index contributed by atoms with van der Waals surface area (Å²) < 4.78 is 9.95. The lowest BCUT2D eigenvalue weighted by molar-refractivity contribution is -0.175. The second-order valence-corrected chi connectivity index (χ2v) is 5.70. The number of carbonyl (C=O) groups excluding carboxylic acids is 2. The van der Waals surface area contributed by atoms with Gasteiger partial charge in [0.25, 0.3) is 0 Å². The first kappa shape index (κ1) is 20.6. The van der Waals surface area contributed by atoms with Gasteiger partial charge in [-0.05, 0) is 20.3 Å². The highest BCUT2D eigenvalue weighted by Crippen LogP contribution is 2.35.